The first-order valence-corrected chi connectivity index (χ1v) is 8.06. The number of nitrogens with two attached hydrogens (primary N) is 1. The number of nitrogens with one attached hydrogen (secondary N) is 1. The number of rotatable bonds is 4. The number of hydrogen-bond acceptors (Lipinski definition) is 3. The Morgan fingerprint density at radius 3 is 2.45 bits per heavy atom. The maximum atomic E-state index is 6.22. The Balaban J connectivity index is 2.15. The molecule has 0 saturated carbocycles. The van der Waals surface area contributed by atoms with E-state index in [1.54, 1.807) is 11.8 Å². The van der Waals surface area contributed by atoms with E-state index in [2.05, 4.69) is 61.3 Å². The average molecular weight is 289 g/mol. The number of nitrogens with zero attached hydrogens (tertiary/aromatic N) is 1. The number of thioether (sulfide) groups is 1. The molecule has 3 N–H and O–H groups in total. The van der Waals surface area contributed by atoms with Gasteiger partial charge in [-0.15, -0.1) is 11.8 Å². The van der Waals surface area contributed by atoms with Crippen LogP contribution in [0.15, 0.2) is 35.4 Å². The molecule has 1 atom stereocenters. The van der Waals surface area contributed by atoms with Gasteiger partial charge in [0.1, 0.15) is 5.82 Å². The first kappa shape index (κ1) is 15.1. The molecular weight excluding hydrogens is 266 g/mol. The Morgan fingerprint density at radius 1 is 1.25 bits per heavy atom. The summed E-state index contributed by atoms with van der Waals surface area (Å²) in [6.45, 7) is 6.58. The molecular formula is C16H23N3S. The van der Waals surface area contributed by atoms with Gasteiger partial charge in [0.2, 0.25) is 0 Å². The van der Waals surface area contributed by atoms with E-state index in [9.17, 15) is 0 Å². The van der Waals surface area contributed by atoms with Crippen molar-refractivity contribution in [2.75, 3.05) is 6.26 Å². The topological polar surface area (TPSA) is 54.7 Å². The fourth-order valence-electron chi connectivity index (χ4n) is 2.20. The molecule has 0 amide bonds. The quantitative estimate of drug-likeness (QED) is 0.828. The second-order valence-corrected chi connectivity index (χ2v) is 7.16. The number of hydrogen-bond donors (Lipinski definition) is 2. The van der Waals surface area contributed by atoms with Gasteiger partial charge < -0.3 is 10.7 Å². The van der Waals surface area contributed by atoms with Gasteiger partial charge in [0.15, 0.2) is 0 Å². The van der Waals surface area contributed by atoms with Crippen molar-refractivity contribution in [3.8, 4) is 11.3 Å². The minimum atomic E-state index is -0.0470. The van der Waals surface area contributed by atoms with E-state index < -0.39 is 0 Å². The molecule has 0 aliphatic rings. The predicted octanol–water partition coefficient (Wildman–Crippen LogP) is 4.23. The maximum absolute atomic E-state index is 6.22. The van der Waals surface area contributed by atoms with E-state index in [0.717, 1.165) is 23.5 Å². The first-order chi connectivity index (χ1) is 9.39. The van der Waals surface area contributed by atoms with E-state index in [-0.39, 0.29) is 11.5 Å². The molecule has 1 unspecified atom stereocenters. The molecule has 1 aromatic heterocycles. The lowest BCUT2D eigenvalue weighted by atomic mass is 9.88. The molecule has 3 nitrogen and oxygen atoms in total. The summed E-state index contributed by atoms with van der Waals surface area (Å²) in [5, 5.41) is 0. The maximum Gasteiger partial charge on any atom is 0.123 e. The van der Waals surface area contributed by atoms with Gasteiger partial charge in [0.25, 0.3) is 0 Å². The summed E-state index contributed by atoms with van der Waals surface area (Å²) in [5.41, 5.74) is 8.59. The minimum absolute atomic E-state index is 0.0470. The van der Waals surface area contributed by atoms with Crippen LogP contribution in [0.4, 0.5) is 0 Å². The van der Waals surface area contributed by atoms with Gasteiger partial charge in [-0.2, -0.15) is 0 Å². The molecule has 0 bridgehead atoms. The summed E-state index contributed by atoms with van der Waals surface area (Å²) >= 11 is 1.74. The molecule has 0 spiro atoms. The van der Waals surface area contributed by atoms with Crippen LogP contribution in [0, 0.1) is 5.41 Å². The van der Waals surface area contributed by atoms with Crippen molar-refractivity contribution in [1.29, 1.82) is 0 Å². The summed E-state index contributed by atoms with van der Waals surface area (Å²) < 4.78 is 0. The van der Waals surface area contributed by atoms with Gasteiger partial charge in [0, 0.05) is 4.90 Å². The third-order valence-electron chi connectivity index (χ3n) is 3.18. The van der Waals surface area contributed by atoms with Crippen molar-refractivity contribution < 1.29 is 0 Å². The van der Waals surface area contributed by atoms with Crippen molar-refractivity contribution >= 4 is 11.8 Å². The monoisotopic (exact) mass is 289 g/mol. The fourth-order valence-corrected chi connectivity index (χ4v) is 2.61. The van der Waals surface area contributed by atoms with E-state index in [0.29, 0.717) is 0 Å². The lowest BCUT2D eigenvalue weighted by Crippen LogP contribution is -2.19. The fraction of sp³-hybridized carbons (Fsp3) is 0.438. The summed E-state index contributed by atoms with van der Waals surface area (Å²) in [4.78, 5) is 9.04. The van der Waals surface area contributed by atoms with Crippen LogP contribution in [0.2, 0.25) is 0 Å². The minimum Gasteiger partial charge on any atom is -0.341 e. The normalized spacial score (nSPS) is 13.4. The molecule has 2 aromatic rings. The van der Waals surface area contributed by atoms with Crippen LogP contribution in [0.1, 0.15) is 39.1 Å². The van der Waals surface area contributed by atoms with Crippen molar-refractivity contribution in [1.82, 2.24) is 9.97 Å². The molecule has 108 valence electrons. The summed E-state index contributed by atoms with van der Waals surface area (Å²) in [5.74, 6) is 0.865. The lowest BCUT2D eigenvalue weighted by Gasteiger charge is -2.21. The Bertz CT molecular complexity index is 552. The molecule has 0 saturated heterocycles. The van der Waals surface area contributed by atoms with Crippen molar-refractivity contribution in [3.05, 3.63) is 36.3 Å². The highest BCUT2D eigenvalue weighted by Crippen LogP contribution is 2.28. The van der Waals surface area contributed by atoms with E-state index in [1.807, 2.05) is 6.20 Å². The molecule has 0 radical (unpaired) electrons. The zero-order valence-electron chi connectivity index (χ0n) is 12.6. The van der Waals surface area contributed by atoms with Crippen LogP contribution in [0.25, 0.3) is 11.3 Å². The number of aromatic amines is 1. The number of benzene rings is 1. The molecule has 20 heavy (non-hydrogen) atoms. The van der Waals surface area contributed by atoms with Crippen molar-refractivity contribution in [2.45, 2.75) is 38.1 Å². The zero-order chi connectivity index (χ0) is 14.8. The van der Waals surface area contributed by atoms with Gasteiger partial charge in [-0.05, 0) is 35.8 Å². The number of imidazole rings is 1. The van der Waals surface area contributed by atoms with Crippen LogP contribution in [0.5, 0.6) is 0 Å². The molecule has 0 aliphatic carbocycles. The highest BCUT2D eigenvalue weighted by atomic mass is 32.2. The lowest BCUT2D eigenvalue weighted by molar-refractivity contribution is 0.337. The van der Waals surface area contributed by atoms with Crippen LogP contribution < -0.4 is 5.73 Å². The Labute approximate surface area is 125 Å². The third kappa shape index (κ3) is 3.87. The van der Waals surface area contributed by atoms with Crippen LogP contribution >= 0.6 is 11.8 Å². The van der Waals surface area contributed by atoms with Gasteiger partial charge >= 0.3 is 0 Å². The van der Waals surface area contributed by atoms with Crippen LogP contribution in [0.3, 0.4) is 0 Å². The molecule has 0 aliphatic heterocycles. The number of aromatic nitrogens is 2. The Hall–Kier alpha value is -1.26. The van der Waals surface area contributed by atoms with E-state index in [1.165, 1.54) is 4.90 Å². The Morgan fingerprint density at radius 2 is 1.90 bits per heavy atom. The predicted molar refractivity (Wildman–Crippen MR) is 86.8 cm³/mol. The summed E-state index contributed by atoms with van der Waals surface area (Å²) in [6, 6.07) is 8.41. The smallest absolute Gasteiger partial charge is 0.123 e. The van der Waals surface area contributed by atoms with Gasteiger partial charge in [-0.25, -0.2) is 4.98 Å². The summed E-state index contributed by atoms with van der Waals surface area (Å²) in [6.07, 6.45) is 4.85. The summed E-state index contributed by atoms with van der Waals surface area (Å²) in [7, 11) is 0. The Kier molecular flexibility index (Phi) is 4.55. The highest BCUT2D eigenvalue weighted by molar-refractivity contribution is 7.98. The largest absolute Gasteiger partial charge is 0.341 e. The second-order valence-electron chi connectivity index (χ2n) is 6.28. The van der Waals surface area contributed by atoms with Gasteiger partial charge in [0.05, 0.1) is 17.9 Å². The van der Waals surface area contributed by atoms with Gasteiger partial charge in [-0.3, -0.25) is 0 Å². The van der Waals surface area contributed by atoms with Crippen molar-refractivity contribution in [3.63, 3.8) is 0 Å². The first-order valence-electron chi connectivity index (χ1n) is 6.84. The molecule has 4 heteroatoms. The second kappa shape index (κ2) is 6.02. The zero-order valence-corrected chi connectivity index (χ0v) is 13.4. The third-order valence-corrected chi connectivity index (χ3v) is 3.92. The molecule has 0 fully saturated rings. The van der Waals surface area contributed by atoms with E-state index in [4.69, 9.17) is 5.73 Å². The highest BCUT2D eigenvalue weighted by Gasteiger charge is 2.19. The SMILES string of the molecule is CSc1ccc(-c2cnc(C(N)CC(C)(C)C)[nH]2)cc1. The standard InChI is InChI=1S/C16H23N3S/c1-16(2,3)9-13(17)15-18-10-14(19-15)11-5-7-12(20-4)8-6-11/h5-8,10,13H,9,17H2,1-4H3,(H,18,19). The molecule has 1 heterocycles. The van der Waals surface area contributed by atoms with Crippen molar-refractivity contribution in [2.24, 2.45) is 11.1 Å². The van der Waals surface area contributed by atoms with E-state index >= 15 is 0 Å². The number of H-pyrrole nitrogens is 1. The van der Waals surface area contributed by atoms with Crippen LogP contribution in [-0.2, 0) is 0 Å². The average Bonchev–Trinajstić information content (AvgIpc) is 2.86. The molecule has 1 aromatic carbocycles. The van der Waals surface area contributed by atoms with Gasteiger partial charge in [-0.1, -0.05) is 32.9 Å². The molecule has 2 rings (SSSR count). The van der Waals surface area contributed by atoms with Crippen LogP contribution in [-0.4, -0.2) is 16.2 Å².